The van der Waals surface area contributed by atoms with E-state index in [4.69, 9.17) is 5.11 Å². The highest BCUT2D eigenvalue weighted by atomic mass is 19.1. The maximum atomic E-state index is 13.7. The fourth-order valence-corrected chi connectivity index (χ4v) is 2.00. The van der Waals surface area contributed by atoms with Gasteiger partial charge in [-0.3, -0.25) is 4.79 Å². The third-order valence-corrected chi connectivity index (χ3v) is 3.16. The van der Waals surface area contributed by atoms with Crippen LogP contribution in [0.4, 0.5) is 4.39 Å². The van der Waals surface area contributed by atoms with E-state index in [1.54, 1.807) is 24.3 Å². The van der Waals surface area contributed by atoms with Gasteiger partial charge in [-0.05, 0) is 23.9 Å². The minimum Gasteiger partial charge on any atom is -0.394 e. The highest BCUT2D eigenvalue weighted by Crippen LogP contribution is 2.21. The second-order valence-corrected chi connectivity index (χ2v) is 4.40. The molecule has 4 heteroatoms. The molecule has 0 aliphatic carbocycles. The van der Waals surface area contributed by atoms with E-state index in [0.29, 0.717) is 22.8 Å². The summed E-state index contributed by atoms with van der Waals surface area (Å²) in [5.41, 5.74) is 0.420. The van der Waals surface area contributed by atoms with Crippen molar-refractivity contribution in [3.63, 3.8) is 0 Å². The summed E-state index contributed by atoms with van der Waals surface area (Å²) < 4.78 is 13.7. The van der Waals surface area contributed by atoms with Gasteiger partial charge < -0.3 is 10.4 Å². The maximum Gasteiger partial charge on any atom is 0.252 e. The van der Waals surface area contributed by atoms with Gasteiger partial charge >= 0.3 is 0 Å². The molecule has 0 spiro atoms. The van der Waals surface area contributed by atoms with Crippen molar-refractivity contribution >= 4 is 16.7 Å². The van der Waals surface area contributed by atoms with E-state index in [1.807, 2.05) is 6.92 Å². The van der Waals surface area contributed by atoms with Crippen molar-refractivity contribution in [2.45, 2.75) is 19.4 Å². The van der Waals surface area contributed by atoms with Gasteiger partial charge in [0.15, 0.2) is 0 Å². The Morgan fingerprint density at radius 3 is 2.58 bits per heavy atom. The first-order valence-electron chi connectivity index (χ1n) is 6.26. The summed E-state index contributed by atoms with van der Waals surface area (Å²) in [6, 6.07) is 9.33. The molecule has 19 heavy (non-hydrogen) atoms. The number of benzene rings is 2. The zero-order valence-corrected chi connectivity index (χ0v) is 10.7. The Balaban J connectivity index is 2.40. The highest BCUT2D eigenvalue weighted by molar-refractivity contribution is 6.07. The molecule has 0 saturated heterocycles. The second kappa shape index (κ2) is 5.80. The maximum absolute atomic E-state index is 13.7. The Morgan fingerprint density at radius 2 is 1.95 bits per heavy atom. The summed E-state index contributed by atoms with van der Waals surface area (Å²) in [5.74, 6) is -0.640. The average Bonchev–Trinajstić information content (AvgIpc) is 2.45. The molecule has 0 saturated carbocycles. The minimum atomic E-state index is -0.346. The number of carbonyl (C=O) groups is 1. The molecule has 0 unspecified atom stereocenters. The normalized spacial score (nSPS) is 12.4. The lowest BCUT2D eigenvalue weighted by molar-refractivity contribution is 0.0916. The smallest absolute Gasteiger partial charge is 0.252 e. The molecule has 0 aliphatic heterocycles. The number of nitrogens with one attached hydrogen (secondary N) is 1. The lowest BCUT2D eigenvalue weighted by Gasteiger charge is -2.15. The second-order valence-electron chi connectivity index (χ2n) is 4.40. The summed E-state index contributed by atoms with van der Waals surface area (Å²) >= 11 is 0. The number of hydrogen-bond donors (Lipinski definition) is 2. The van der Waals surface area contributed by atoms with E-state index in [2.05, 4.69) is 5.32 Å². The quantitative estimate of drug-likeness (QED) is 0.888. The summed E-state index contributed by atoms with van der Waals surface area (Å²) in [6.07, 6.45) is 0.640. The van der Waals surface area contributed by atoms with Crippen molar-refractivity contribution in [2.24, 2.45) is 0 Å². The van der Waals surface area contributed by atoms with Crippen molar-refractivity contribution in [2.75, 3.05) is 6.61 Å². The number of halogens is 1. The molecule has 1 atom stereocenters. The third-order valence-electron chi connectivity index (χ3n) is 3.16. The molecule has 0 heterocycles. The summed E-state index contributed by atoms with van der Waals surface area (Å²) in [7, 11) is 0. The minimum absolute atomic E-state index is 0.110. The first kappa shape index (κ1) is 13.5. The topological polar surface area (TPSA) is 49.3 Å². The fourth-order valence-electron chi connectivity index (χ4n) is 2.00. The van der Waals surface area contributed by atoms with Gasteiger partial charge in [-0.1, -0.05) is 31.2 Å². The van der Waals surface area contributed by atoms with Crippen LogP contribution in [0.25, 0.3) is 10.8 Å². The van der Waals surface area contributed by atoms with Crippen LogP contribution >= 0.6 is 0 Å². The molecule has 0 aromatic heterocycles. The van der Waals surface area contributed by atoms with Gasteiger partial charge in [0.2, 0.25) is 0 Å². The van der Waals surface area contributed by atoms with E-state index in [0.717, 1.165) is 0 Å². The fraction of sp³-hybridized carbons (Fsp3) is 0.267. The third kappa shape index (κ3) is 2.74. The van der Waals surface area contributed by atoms with Crippen LogP contribution in [0.2, 0.25) is 0 Å². The molecule has 2 rings (SSSR count). The number of aliphatic hydroxyl groups is 1. The van der Waals surface area contributed by atoms with Gasteiger partial charge in [0, 0.05) is 10.9 Å². The Labute approximate surface area is 111 Å². The van der Waals surface area contributed by atoms with E-state index in [-0.39, 0.29) is 24.4 Å². The van der Waals surface area contributed by atoms with Crippen molar-refractivity contribution < 1.29 is 14.3 Å². The van der Waals surface area contributed by atoms with Crippen molar-refractivity contribution in [3.05, 3.63) is 47.8 Å². The van der Waals surface area contributed by atoms with Crippen molar-refractivity contribution in [1.82, 2.24) is 5.32 Å². The predicted octanol–water partition coefficient (Wildman–Crippen LogP) is 2.48. The summed E-state index contributed by atoms with van der Waals surface area (Å²) in [4.78, 5) is 12.2. The number of hydrogen-bond acceptors (Lipinski definition) is 2. The molecule has 1 amide bonds. The van der Waals surface area contributed by atoms with Gasteiger partial charge in [-0.15, -0.1) is 0 Å². The Bertz CT molecular complexity index is 594. The molecular formula is C15H16FNO2. The largest absolute Gasteiger partial charge is 0.394 e. The van der Waals surface area contributed by atoms with Crippen LogP contribution in [0.3, 0.4) is 0 Å². The first-order valence-corrected chi connectivity index (χ1v) is 6.26. The van der Waals surface area contributed by atoms with Crippen molar-refractivity contribution in [3.8, 4) is 0 Å². The molecule has 3 nitrogen and oxygen atoms in total. The van der Waals surface area contributed by atoms with Gasteiger partial charge in [-0.2, -0.15) is 0 Å². The van der Waals surface area contributed by atoms with Gasteiger partial charge in [-0.25, -0.2) is 4.39 Å². The lowest BCUT2D eigenvalue weighted by Crippen LogP contribution is -2.37. The lowest BCUT2D eigenvalue weighted by atomic mass is 10.0. The molecule has 2 aromatic rings. The predicted molar refractivity (Wildman–Crippen MR) is 72.5 cm³/mol. The summed E-state index contributed by atoms with van der Waals surface area (Å²) in [5, 5.41) is 12.8. The van der Waals surface area contributed by atoms with E-state index in [1.165, 1.54) is 12.1 Å². The van der Waals surface area contributed by atoms with E-state index in [9.17, 15) is 9.18 Å². The molecule has 0 fully saturated rings. The van der Waals surface area contributed by atoms with Crippen LogP contribution in [0, 0.1) is 5.82 Å². The van der Waals surface area contributed by atoms with Crippen LogP contribution in [0.1, 0.15) is 23.7 Å². The first-order chi connectivity index (χ1) is 9.17. The number of amides is 1. The van der Waals surface area contributed by atoms with E-state index >= 15 is 0 Å². The highest BCUT2D eigenvalue weighted by Gasteiger charge is 2.15. The van der Waals surface area contributed by atoms with Crippen LogP contribution in [-0.2, 0) is 0 Å². The Kier molecular flexibility index (Phi) is 4.12. The Morgan fingerprint density at radius 1 is 1.26 bits per heavy atom. The average molecular weight is 261 g/mol. The number of fused-ring (bicyclic) bond motifs is 1. The number of carbonyl (C=O) groups excluding carboxylic acids is 1. The molecule has 0 bridgehead atoms. The Hall–Kier alpha value is -1.94. The standard InChI is InChI=1S/C15H16FNO2/c1-2-10(9-18)17-15(19)13-7-8-14(16)12-6-4-3-5-11(12)13/h3-8,10,18H,2,9H2,1H3,(H,17,19)/t10-/m1/s1. The van der Waals surface area contributed by atoms with Gasteiger partial charge in [0.1, 0.15) is 5.82 Å². The molecule has 2 aromatic carbocycles. The molecule has 0 aliphatic rings. The molecular weight excluding hydrogens is 245 g/mol. The van der Waals surface area contributed by atoms with E-state index < -0.39 is 0 Å². The molecule has 0 radical (unpaired) electrons. The van der Waals surface area contributed by atoms with Crippen molar-refractivity contribution in [1.29, 1.82) is 0 Å². The summed E-state index contributed by atoms with van der Waals surface area (Å²) in [6.45, 7) is 1.77. The molecule has 100 valence electrons. The monoisotopic (exact) mass is 261 g/mol. The van der Waals surface area contributed by atoms with Crippen LogP contribution in [0.15, 0.2) is 36.4 Å². The van der Waals surface area contributed by atoms with Crippen LogP contribution in [-0.4, -0.2) is 23.7 Å². The van der Waals surface area contributed by atoms with Crippen LogP contribution < -0.4 is 5.32 Å². The van der Waals surface area contributed by atoms with Gasteiger partial charge in [0.25, 0.3) is 5.91 Å². The van der Waals surface area contributed by atoms with Crippen LogP contribution in [0.5, 0.6) is 0 Å². The zero-order chi connectivity index (χ0) is 13.8. The SMILES string of the molecule is CC[C@H](CO)NC(=O)c1ccc(F)c2ccccc12. The zero-order valence-electron chi connectivity index (χ0n) is 10.7. The molecule has 2 N–H and O–H groups in total. The number of aliphatic hydroxyl groups excluding tert-OH is 1. The number of rotatable bonds is 4. The van der Waals surface area contributed by atoms with Gasteiger partial charge in [0.05, 0.1) is 12.6 Å².